The van der Waals surface area contributed by atoms with Crippen molar-refractivity contribution < 1.29 is 14.3 Å². The van der Waals surface area contributed by atoms with E-state index in [-0.39, 0.29) is 29.3 Å². The second-order valence-electron chi connectivity index (χ2n) is 4.83. The molecule has 2 atom stereocenters. The Morgan fingerprint density at radius 3 is 2.80 bits per heavy atom. The van der Waals surface area contributed by atoms with Crippen molar-refractivity contribution in [2.45, 2.75) is 20.0 Å². The van der Waals surface area contributed by atoms with Gasteiger partial charge in [0, 0.05) is 42.3 Å². The van der Waals surface area contributed by atoms with Gasteiger partial charge in [-0.3, -0.25) is 19.6 Å². The SMILES string of the molecule is CCOC1C=NC2=C(C(=O)c3ccncc3C2=O)C1C. The minimum absolute atomic E-state index is 0.147. The third-order valence-electron chi connectivity index (χ3n) is 3.68. The van der Waals surface area contributed by atoms with Crippen LogP contribution in [0.4, 0.5) is 0 Å². The summed E-state index contributed by atoms with van der Waals surface area (Å²) in [6, 6.07) is 1.58. The largest absolute Gasteiger partial charge is 0.372 e. The summed E-state index contributed by atoms with van der Waals surface area (Å²) in [4.78, 5) is 33.1. The monoisotopic (exact) mass is 270 g/mol. The minimum Gasteiger partial charge on any atom is -0.372 e. The van der Waals surface area contributed by atoms with Crippen LogP contribution in [-0.2, 0) is 4.74 Å². The Morgan fingerprint density at radius 1 is 1.25 bits per heavy atom. The maximum Gasteiger partial charge on any atom is 0.214 e. The van der Waals surface area contributed by atoms with E-state index in [4.69, 9.17) is 4.74 Å². The molecule has 2 aliphatic rings. The lowest BCUT2D eigenvalue weighted by atomic mass is 9.79. The molecule has 5 heteroatoms. The van der Waals surface area contributed by atoms with Crippen molar-refractivity contribution in [1.29, 1.82) is 0 Å². The third-order valence-corrected chi connectivity index (χ3v) is 3.68. The fraction of sp³-hybridized carbons (Fsp3) is 0.333. The van der Waals surface area contributed by atoms with Gasteiger partial charge >= 0.3 is 0 Å². The summed E-state index contributed by atoms with van der Waals surface area (Å²) in [7, 11) is 0. The molecule has 5 nitrogen and oxygen atoms in total. The first-order valence-electron chi connectivity index (χ1n) is 6.58. The number of hydrogen-bond donors (Lipinski definition) is 0. The molecular formula is C15H14N2O3. The number of allylic oxidation sites excluding steroid dienone is 1. The predicted molar refractivity (Wildman–Crippen MR) is 73.0 cm³/mol. The molecule has 1 aromatic heterocycles. The maximum absolute atomic E-state index is 12.6. The van der Waals surface area contributed by atoms with Crippen LogP contribution in [0.3, 0.4) is 0 Å². The molecular weight excluding hydrogens is 256 g/mol. The lowest BCUT2D eigenvalue weighted by Gasteiger charge is -2.29. The van der Waals surface area contributed by atoms with Crippen LogP contribution < -0.4 is 0 Å². The van der Waals surface area contributed by atoms with Crippen molar-refractivity contribution >= 4 is 17.8 Å². The lowest BCUT2D eigenvalue weighted by molar-refractivity contribution is 0.0767. The molecule has 1 aliphatic carbocycles. The number of pyridine rings is 1. The zero-order valence-corrected chi connectivity index (χ0v) is 11.3. The highest BCUT2D eigenvalue weighted by Crippen LogP contribution is 2.34. The highest BCUT2D eigenvalue weighted by atomic mass is 16.5. The van der Waals surface area contributed by atoms with Gasteiger partial charge in [0.05, 0.1) is 11.7 Å². The molecule has 0 N–H and O–H groups in total. The Kier molecular flexibility index (Phi) is 3.06. The Hall–Kier alpha value is -2.14. The van der Waals surface area contributed by atoms with E-state index >= 15 is 0 Å². The van der Waals surface area contributed by atoms with Gasteiger partial charge in [-0.2, -0.15) is 0 Å². The zero-order chi connectivity index (χ0) is 14.3. The summed E-state index contributed by atoms with van der Waals surface area (Å²) < 4.78 is 5.56. The van der Waals surface area contributed by atoms with Crippen LogP contribution in [0.5, 0.6) is 0 Å². The number of rotatable bonds is 2. The Bertz CT molecular complexity index is 661. The third kappa shape index (κ3) is 1.74. The number of aromatic nitrogens is 1. The molecule has 20 heavy (non-hydrogen) atoms. The average Bonchev–Trinajstić information content (AvgIpc) is 2.47. The second kappa shape index (κ2) is 4.76. The van der Waals surface area contributed by atoms with Crippen molar-refractivity contribution in [3.8, 4) is 0 Å². The molecule has 2 heterocycles. The average molecular weight is 270 g/mol. The smallest absolute Gasteiger partial charge is 0.214 e. The van der Waals surface area contributed by atoms with Gasteiger partial charge in [-0.05, 0) is 13.0 Å². The highest BCUT2D eigenvalue weighted by molar-refractivity contribution is 6.27. The summed E-state index contributed by atoms with van der Waals surface area (Å²) in [5, 5.41) is 0. The molecule has 3 rings (SSSR count). The Balaban J connectivity index is 2.11. The number of carbonyl (C=O) groups excluding carboxylic acids is 2. The van der Waals surface area contributed by atoms with Crippen LogP contribution in [0.1, 0.15) is 34.6 Å². The van der Waals surface area contributed by atoms with Crippen molar-refractivity contribution in [2.75, 3.05) is 6.61 Å². The van der Waals surface area contributed by atoms with E-state index in [9.17, 15) is 9.59 Å². The van der Waals surface area contributed by atoms with Crippen molar-refractivity contribution in [1.82, 2.24) is 4.98 Å². The molecule has 1 aliphatic heterocycles. The van der Waals surface area contributed by atoms with E-state index < -0.39 is 0 Å². The number of carbonyl (C=O) groups is 2. The normalized spacial score (nSPS) is 24.7. The van der Waals surface area contributed by atoms with Gasteiger partial charge in [0.15, 0.2) is 5.78 Å². The first-order chi connectivity index (χ1) is 9.65. The van der Waals surface area contributed by atoms with Crippen molar-refractivity contribution in [3.63, 3.8) is 0 Å². The van der Waals surface area contributed by atoms with Crippen LogP contribution >= 0.6 is 0 Å². The molecule has 2 unspecified atom stereocenters. The summed E-state index contributed by atoms with van der Waals surface area (Å²) in [5.74, 6) is -0.563. The van der Waals surface area contributed by atoms with Gasteiger partial charge < -0.3 is 4.74 Å². The van der Waals surface area contributed by atoms with Crippen LogP contribution in [0, 0.1) is 5.92 Å². The second-order valence-corrected chi connectivity index (χ2v) is 4.83. The molecule has 0 radical (unpaired) electrons. The Morgan fingerprint density at radius 2 is 2.05 bits per heavy atom. The first-order valence-corrected chi connectivity index (χ1v) is 6.58. The molecule has 0 spiro atoms. The highest BCUT2D eigenvalue weighted by Gasteiger charge is 2.39. The van der Waals surface area contributed by atoms with Gasteiger partial charge in [0.25, 0.3) is 0 Å². The molecule has 0 saturated carbocycles. The fourth-order valence-corrected chi connectivity index (χ4v) is 2.65. The number of hydrogen-bond acceptors (Lipinski definition) is 5. The number of nitrogens with zero attached hydrogens (tertiary/aromatic N) is 2. The van der Waals surface area contributed by atoms with E-state index in [2.05, 4.69) is 9.98 Å². The quantitative estimate of drug-likeness (QED) is 0.822. The van der Waals surface area contributed by atoms with Gasteiger partial charge in [-0.1, -0.05) is 6.92 Å². The topological polar surface area (TPSA) is 68.6 Å². The van der Waals surface area contributed by atoms with Crippen LogP contribution in [-0.4, -0.2) is 35.5 Å². The van der Waals surface area contributed by atoms with E-state index in [0.29, 0.717) is 23.3 Å². The zero-order valence-electron chi connectivity index (χ0n) is 11.3. The summed E-state index contributed by atoms with van der Waals surface area (Å²) in [6.45, 7) is 4.31. The van der Waals surface area contributed by atoms with Gasteiger partial charge in [-0.25, -0.2) is 0 Å². The summed E-state index contributed by atoms with van der Waals surface area (Å²) >= 11 is 0. The number of aliphatic imine (C=N–C) groups is 1. The summed E-state index contributed by atoms with van der Waals surface area (Å²) in [5.41, 5.74) is 1.42. The Labute approximate surface area is 116 Å². The molecule has 1 aromatic rings. The maximum atomic E-state index is 12.6. The molecule has 0 bridgehead atoms. The first kappa shape index (κ1) is 12.9. The minimum atomic E-state index is -0.265. The van der Waals surface area contributed by atoms with Crippen LogP contribution in [0.15, 0.2) is 34.7 Å². The van der Waals surface area contributed by atoms with Crippen molar-refractivity contribution in [3.05, 3.63) is 40.9 Å². The number of fused-ring (bicyclic) bond motifs is 1. The number of ketones is 2. The molecule has 0 aromatic carbocycles. The van der Waals surface area contributed by atoms with E-state index in [1.165, 1.54) is 12.4 Å². The molecule has 0 fully saturated rings. The van der Waals surface area contributed by atoms with E-state index in [0.717, 1.165) is 0 Å². The molecule has 0 saturated heterocycles. The predicted octanol–water partition coefficient (Wildman–Crippen LogP) is 1.84. The molecule has 0 amide bonds. The van der Waals surface area contributed by atoms with Crippen LogP contribution in [0.2, 0.25) is 0 Å². The van der Waals surface area contributed by atoms with Crippen molar-refractivity contribution in [2.24, 2.45) is 10.9 Å². The van der Waals surface area contributed by atoms with E-state index in [1.807, 2.05) is 13.8 Å². The standard InChI is InChI=1S/C15H14N2O3/c1-3-20-11-7-17-13-12(8(11)2)14(18)9-4-5-16-6-10(9)15(13)19/h4-8,11H,3H2,1-2H3. The number of Topliss-reactive ketones (excluding diaryl/α,β-unsaturated/α-hetero) is 2. The summed E-state index contributed by atoms with van der Waals surface area (Å²) in [6.07, 6.45) is 4.29. The fourth-order valence-electron chi connectivity index (χ4n) is 2.65. The van der Waals surface area contributed by atoms with Gasteiger partial charge in [0.1, 0.15) is 5.70 Å². The van der Waals surface area contributed by atoms with E-state index in [1.54, 1.807) is 12.3 Å². The van der Waals surface area contributed by atoms with Crippen LogP contribution in [0.25, 0.3) is 0 Å². The lowest BCUT2D eigenvalue weighted by Crippen LogP contribution is -2.35. The number of ether oxygens (including phenoxy) is 1. The van der Waals surface area contributed by atoms with Gasteiger partial charge in [0.2, 0.25) is 5.78 Å². The van der Waals surface area contributed by atoms with Gasteiger partial charge in [-0.15, -0.1) is 0 Å². The molecule has 102 valence electrons.